The molecule has 4 heteroatoms. The van der Waals surface area contributed by atoms with Crippen molar-refractivity contribution in [2.24, 2.45) is 27.9 Å². The van der Waals surface area contributed by atoms with Crippen molar-refractivity contribution in [1.29, 1.82) is 0 Å². The molecule has 4 saturated carbocycles. The molecular formula is C16H26N2O2. The fourth-order valence-electron chi connectivity index (χ4n) is 6.47. The minimum absolute atomic E-state index is 0.00190. The number of hydrogen-bond donors (Lipinski definition) is 2. The molecule has 4 bridgehead atoms. The summed E-state index contributed by atoms with van der Waals surface area (Å²) in [4.78, 5) is 22.9. The lowest BCUT2D eigenvalue weighted by molar-refractivity contribution is -0.156. The molecule has 4 nitrogen and oxygen atoms in total. The van der Waals surface area contributed by atoms with Crippen LogP contribution in [0.15, 0.2) is 0 Å². The van der Waals surface area contributed by atoms with Crippen molar-refractivity contribution in [3.05, 3.63) is 0 Å². The fourth-order valence-corrected chi connectivity index (χ4v) is 6.47. The Kier molecular flexibility index (Phi) is 2.93. The van der Waals surface area contributed by atoms with Gasteiger partial charge in [0, 0.05) is 6.42 Å². The number of rotatable bonds is 4. The van der Waals surface area contributed by atoms with E-state index in [9.17, 15) is 9.59 Å². The van der Waals surface area contributed by atoms with Crippen LogP contribution < -0.4 is 11.1 Å². The minimum Gasteiger partial charge on any atom is -0.368 e. The third kappa shape index (κ3) is 2.45. The van der Waals surface area contributed by atoms with Crippen molar-refractivity contribution in [1.82, 2.24) is 5.32 Å². The number of carbonyl (C=O) groups excluding carboxylic acids is 2. The van der Waals surface area contributed by atoms with Gasteiger partial charge in [-0.05, 0) is 60.7 Å². The molecule has 2 atom stereocenters. The lowest BCUT2D eigenvalue weighted by atomic mass is 9.40. The molecule has 2 unspecified atom stereocenters. The van der Waals surface area contributed by atoms with Crippen LogP contribution in [0, 0.1) is 22.2 Å². The van der Waals surface area contributed by atoms with Crippen LogP contribution in [-0.4, -0.2) is 18.4 Å². The molecule has 0 spiro atoms. The van der Waals surface area contributed by atoms with Crippen molar-refractivity contribution in [2.75, 3.05) is 6.54 Å². The molecule has 0 aromatic rings. The van der Waals surface area contributed by atoms with Gasteiger partial charge in [0.05, 0.1) is 6.54 Å². The molecule has 4 aliphatic carbocycles. The summed E-state index contributed by atoms with van der Waals surface area (Å²) in [5.74, 6) is 0.325. The van der Waals surface area contributed by atoms with Crippen molar-refractivity contribution >= 4 is 11.8 Å². The molecule has 4 rings (SSSR count). The minimum atomic E-state index is -0.470. The van der Waals surface area contributed by atoms with Crippen molar-refractivity contribution in [3.8, 4) is 0 Å². The number of carbonyl (C=O) groups is 2. The third-order valence-electron chi connectivity index (χ3n) is 5.74. The first kappa shape index (κ1) is 13.9. The molecule has 0 aromatic carbocycles. The van der Waals surface area contributed by atoms with E-state index < -0.39 is 5.91 Å². The van der Waals surface area contributed by atoms with Gasteiger partial charge >= 0.3 is 0 Å². The Bertz CT molecular complexity index is 441. The predicted octanol–water partition coefficient (Wildman–Crippen LogP) is 1.97. The maximum absolute atomic E-state index is 12.1. The fraction of sp³-hybridized carbons (Fsp3) is 0.875. The molecule has 3 N–H and O–H groups in total. The largest absolute Gasteiger partial charge is 0.368 e. The van der Waals surface area contributed by atoms with Crippen LogP contribution >= 0.6 is 0 Å². The van der Waals surface area contributed by atoms with Gasteiger partial charge in [-0.25, -0.2) is 0 Å². The highest BCUT2D eigenvalue weighted by Gasteiger charge is 2.60. The maximum Gasteiger partial charge on any atom is 0.236 e. The van der Waals surface area contributed by atoms with Gasteiger partial charge in [-0.2, -0.15) is 0 Å². The molecule has 0 aliphatic heterocycles. The van der Waals surface area contributed by atoms with Gasteiger partial charge in [0.2, 0.25) is 11.8 Å². The van der Waals surface area contributed by atoms with E-state index in [1.54, 1.807) is 0 Å². The first-order valence-corrected chi connectivity index (χ1v) is 7.77. The Labute approximate surface area is 120 Å². The van der Waals surface area contributed by atoms with Crippen LogP contribution in [0.25, 0.3) is 0 Å². The van der Waals surface area contributed by atoms with Crippen LogP contribution in [0.4, 0.5) is 0 Å². The molecular weight excluding hydrogens is 252 g/mol. The van der Waals surface area contributed by atoms with Gasteiger partial charge in [0.15, 0.2) is 0 Å². The van der Waals surface area contributed by atoms with E-state index in [4.69, 9.17) is 5.73 Å². The lowest BCUT2D eigenvalue weighted by Crippen LogP contribution is -2.56. The van der Waals surface area contributed by atoms with Gasteiger partial charge in [0.25, 0.3) is 0 Å². The second-order valence-electron chi connectivity index (χ2n) is 8.55. The summed E-state index contributed by atoms with van der Waals surface area (Å²) in [6.45, 7) is 4.78. The molecule has 4 fully saturated rings. The molecule has 0 heterocycles. The molecule has 112 valence electrons. The zero-order chi connectivity index (χ0) is 14.6. The second kappa shape index (κ2) is 4.22. The maximum atomic E-state index is 12.1. The Morgan fingerprint density at radius 2 is 1.70 bits per heavy atom. The average Bonchev–Trinajstić information content (AvgIpc) is 2.20. The van der Waals surface area contributed by atoms with Gasteiger partial charge in [-0.15, -0.1) is 0 Å². The molecule has 2 amide bonds. The van der Waals surface area contributed by atoms with Crippen LogP contribution in [-0.2, 0) is 9.59 Å². The Balaban J connectivity index is 1.72. The molecule has 0 aromatic heterocycles. The Morgan fingerprint density at radius 3 is 2.20 bits per heavy atom. The molecule has 0 radical (unpaired) electrons. The van der Waals surface area contributed by atoms with E-state index in [-0.39, 0.29) is 17.9 Å². The van der Waals surface area contributed by atoms with Crippen molar-refractivity contribution < 1.29 is 9.59 Å². The van der Waals surface area contributed by atoms with Crippen LogP contribution in [0.5, 0.6) is 0 Å². The van der Waals surface area contributed by atoms with Gasteiger partial charge < -0.3 is 11.1 Å². The summed E-state index contributed by atoms with van der Waals surface area (Å²) >= 11 is 0. The number of hydrogen-bond acceptors (Lipinski definition) is 2. The second-order valence-corrected chi connectivity index (χ2v) is 8.55. The SMILES string of the molecule is CC12CC3CC(C)(C1)CC(CC(=O)NCC(N)=O)(C3)C2. The van der Waals surface area contributed by atoms with E-state index in [2.05, 4.69) is 19.2 Å². The summed E-state index contributed by atoms with van der Waals surface area (Å²) < 4.78 is 0. The predicted molar refractivity (Wildman–Crippen MR) is 76.7 cm³/mol. The monoisotopic (exact) mass is 278 g/mol. The highest BCUT2D eigenvalue weighted by Crippen LogP contribution is 2.70. The first-order chi connectivity index (χ1) is 9.22. The summed E-state index contributed by atoms with van der Waals surface area (Å²) in [5, 5.41) is 2.67. The van der Waals surface area contributed by atoms with Gasteiger partial charge in [-0.1, -0.05) is 13.8 Å². The Hall–Kier alpha value is -1.06. The topological polar surface area (TPSA) is 72.2 Å². The summed E-state index contributed by atoms with van der Waals surface area (Å²) in [7, 11) is 0. The van der Waals surface area contributed by atoms with Crippen molar-refractivity contribution in [3.63, 3.8) is 0 Å². The Morgan fingerprint density at radius 1 is 1.10 bits per heavy atom. The van der Waals surface area contributed by atoms with Gasteiger partial charge in [0.1, 0.15) is 0 Å². The lowest BCUT2D eigenvalue weighted by Gasteiger charge is -2.65. The first-order valence-electron chi connectivity index (χ1n) is 7.77. The van der Waals surface area contributed by atoms with E-state index in [1.807, 2.05) is 0 Å². The standard InChI is InChI=1S/C16H26N2O2/c1-14-3-11-4-15(2,8-14)10-16(5-11,9-14)6-13(20)18-7-12(17)19/h11H,3-10H2,1-2H3,(H2,17,19)(H,18,20). The van der Waals surface area contributed by atoms with E-state index >= 15 is 0 Å². The average molecular weight is 278 g/mol. The summed E-state index contributed by atoms with van der Waals surface area (Å²) in [6.07, 6.45) is 8.12. The van der Waals surface area contributed by atoms with Gasteiger partial charge in [-0.3, -0.25) is 9.59 Å². The summed E-state index contributed by atoms with van der Waals surface area (Å²) in [5.41, 5.74) is 6.12. The number of nitrogens with one attached hydrogen (secondary N) is 1. The van der Waals surface area contributed by atoms with E-state index in [1.165, 1.54) is 38.5 Å². The van der Waals surface area contributed by atoms with Crippen LogP contribution in [0.3, 0.4) is 0 Å². The summed E-state index contributed by atoms with van der Waals surface area (Å²) in [6, 6.07) is 0. The number of nitrogens with two attached hydrogens (primary N) is 1. The third-order valence-corrected chi connectivity index (χ3v) is 5.74. The van der Waals surface area contributed by atoms with Crippen molar-refractivity contribution in [2.45, 2.75) is 58.8 Å². The van der Waals surface area contributed by atoms with E-state index in [0.717, 1.165) is 5.92 Å². The van der Waals surface area contributed by atoms with E-state index in [0.29, 0.717) is 17.3 Å². The van der Waals surface area contributed by atoms with Crippen LogP contribution in [0.1, 0.15) is 58.8 Å². The zero-order valence-corrected chi connectivity index (χ0v) is 12.6. The van der Waals surface area contributed by atoms with Crippen LogP contribution in [0.2, 0.25) is 0 Å². The highest BCUT2D eigenvalue weighted by atomic mass is 16.2. The highest BCUT2D eigenvalue weighted by molar-refractivity contribution is 5.84. The quantitative estimate of drug-likeness (QED) is 0.825. The molecule has 4 aliphatic rings. The zero-order valence-electron chi connectivity index (χ0n) is 12.6. The number of amides is 2. The molecule has 0 saturated heterocycles. The smallest absolute Gasteiger partial charge is 0.236 e. The molecule has 20 heavy (non-hydrogen) atoms. The normalized spacial score (nSPS) is 45.4. The number of primary amides is 1.